The molecular formula is C35H22BrF5N2O2. The molecule has 0 aliphatic heterocycles. The van der Waals surface area contributed by atoms with Gasteiger partial charge in [0.25, 0.3) is 0 Å². The molecule has 0 bridgehead atoms. The van der Waals surface area contributed by atoms with Gasteiger partial charge in [-0.05, 0) is 63.0 Å². The maximum Gasteiger partial charge on any atom is 0.343 e. The summed E-state index contributed by atoms with van der Waals surface area (Å²) < 4.78 is 74.6. The monoisotopic (exact) mass is 676 g/mol. The molecule has 6 aromatic carbocycles. The van der Waals surface area contributed by atoms with Gasteiger partial charge in [0.05, 0.1) is 39.6 Å². The molecule has 0 aliphatic carbocycles. The first-order chi connectivity index (χ1) is 21.7. The van der Waals surface area contributed by atoms with E-state index < -0.39 is 40.8 Å². The van der Waals surface area contributed by atoms with Crippen molar-refractivity contribution < 1.29 is 31.5 Å². The van der Waals surface area contributed by atoms with Crippen molar-refractivity contribution in [2.45, 2.75) is 13.1 Å². The van der Waals surface area contributed by atoms with Crippen molar-refractivity contribution >= 4 is 55.0 Å². The number of esters is 1. The molecule has 0 spiro atoms. The van der Waals surface area contributed by atoms with Crippen LogP contribution in [0.5, 0.6) is 5.75 Å². The third kappa shape index (κ3) is 5.93. The molecule has 4 nitrogen and oxygen atoms in total. The zero-order valence-electron chi connectivity index (χ0n) is 23.3. The number of carbonyl (C=O) groups is 1. The lowest BCUT2D eigenvalue weighted by atomic mass is 9.96. The fourth-order valence-corrected chi connectivity index (χ4v) is 5.73. The minimum atomic E-state index is -2.34. The molecule has 10 heteroatoms. The van der Waals surface area contributed by atoms with Gasteiger partial charge in [0.1, 0.15) is 0 Å². The number of hydrogen-bond donors (Lipinski definition) is 1. The number of fused-ring (bicyclic) bond motifs is 2. The first-order valence-corrected chi connectivity index (χ1v) is 14.4. The van der Waals surface area contributed by atoms with E-state index in [1.807, 2.05) is 52.5 Å². The smallest absolute Gasteiger partial charge is 0.343 e. The first-order valence-electron chi connectivity index (χ1n) is 13.7. The summed E-state index contributed by atoms with van der Waals surface area (Å²) in [5.41, 5.74) is 3.49. The molecule has 6 rings (SSSR count). The number of halogens is 6. The zero-order chi connectivity index (χ0) is 31.7. The maximum atomic E-state index is 14.0. The highest BCUT2D eigenvalue weighted by atomic mass is 79.9. The lowest BCUT2D eigenvalue weighted by Crippen LogP contribution is -2.14. The van der Waals surface area contributed by atoms with E-state index in [1.165, 1.54) is 17.7 Å². The van der Waals surface area contributed by atoms with Crippen LogP contribution in [0, 0.1) is 29.1 Å². The summed E-state index contributed by atoms with van der Waals surface area (Å²) in [5.74, 6) is -14.1. The summed E-state index contributed by atoms with van der Waals surface area (Å²) in [7, 11) is 0. The number of carbonyl (C=O) groups excluding carboxylic acids is 1. The van der Waals surface area contributed by atoms with Gasteiger partial charge in [-0.1, -0.05) is 72.8 Å². The quantitative estimate of drug-likeness (QED) is 0.0331. The van der Waals surface area contributed by atoms with E-state index in [0.717, 1.165) is 38.5 Å². The van der Waals surface area contributed by atoms with Crippen LogP contribution in [0.15, 0.2) is 103 Å². The first kappa shape index (κ1) is 30.1. The number of anilines is 2. The molecule has 0 saturated carbocycles. The zero-order valence-corrected chi connectivity index (χ0v) is 24.8. The Hall–Kier alpha value is -4.96. The van der Waals surface area contributed by atoms with Gasteiger partial charge in [0, 0.05) is 6.54 Å². The van der Waals surface area contributed by atoms with E-state index in [-0.39, 0.29) is 5.56 Å². The number of nitrogens with zero attached hydrogens (tertiary/aromatic N) is 1. The Labute approximate surface area is 263 Å². The van der Waals surface area contributed by atoms with Crippen LogP contribution < -0.4 is 14.0 Å². The Bertz CT molecular complexity index is 1990. The second-order valence-corrected chi connectivity index (χ2v) is 11.0. The Morgan fingerprint density at radius 2 is 1.22 bits per heavy atom. The van der Waals surface area contributed by atoms with Crippen molar-refractivity contribution in [1.82, 2.24) is 0 Å². The van der Waals surface area contributed by atoms with Gasteiger partial charge >= 0.3 is 5.97 Å². The van der Waals surface area contributed by atoms with Gasteiger partial charge in [-0.25, -0.2) is 18.0 Å². The van der Waals surface area contributed by atoms with E-state index in [1.54, 1.807) is 12.1 Å². The highest BCUT2D eigenvalue weighted by Gasteiger charge is 2.29. The van der Waals surface area contributed by atoms with Crippen molar-refractivity contribution in [3.05, 3.63) is 149 Å². The van der Waals surface area contributed by atoms with Gasteiger partial charge in [0.2, 0.25) is 34.8 Å². The molecule has 0 atom stereocenters. The minimum Gasteiger partial charge on any atom is -0.416 e. The highest BCUT2D eigenvalue weighted by molar-refractivity contribution is 9.10. The lowest BCUT2D eigenvalue weighted by Gasteiger charge is -2.22. The number of hydrogen-bond acceptors (Lipinski definition) is 4. The van der Waals surface area contributed by atoms with Crippen LogP contribution in [-0.2, 0) is 13.1 Å². The third-order valence-corrected chi connectivity index (χ3v) is 8.01. The van der Waals surface area contributed by atoms with Crippen molar-refractivity contribution in [3.8, 4) is 5.75 Å². The van der Waals surface area contributed by atoms with E-state index in [0.29, 0.717) is 13.1 Å². The predicted molar refractivity (Wildman–Crippen MR) is 168 cm³/mol. The van der Waals surface area contributed by atoms with Gasteiger partial charge in [-0.15, -0.1) is 0 Å². The third-order valence-electron chi connectivity index (χ3n) is 7.38. The molecule has 226 valence electrons. The van der Waals surface area contributed by atoms with Gasteiger partial charge < -0.3 is 14.0 Å². The average molecular weight is 677 g/mol. The van der Waals surface area contributed by atoms with Crippen LogP contribution in [0.1, 0.15) is 21.5 Å². The lowest BCUT2D eigenvalue weighted by molar-refractivity contribution is 0.0716. The Morgan fingerprint density at radius 3 is 1.84 bits per heavy atom. The molecule has 0 aromatic heterocycles. The largest absolute Gasteiger partial charge is 0.416 e. The Kier molecular flexibility index (Phi) is 8.40. The summed E-state index contributed by atoms with van der Waals surface area (Å²) in [6.45, 7) is 0.919. The normalized spacial score (nSPS) is 11.2. The average Bonchev–Trinajstić information content (AvgIpc) is 3.07. The van der Waals surface area contributed by atoms with Crippen LogP contribution in [0.4, 0.5) is 33.3 Å². The van der Waals surface area contributed by atoms with E-state index in [9.17, 15) is 26.7 Å². The number of ether oxygens (including phenoxy) is 1. The standard InChI is InChI=1S/C35H22BrF5N2O2/c36-43(19-20-13-15-21(16-14-20)35(44)45-34-32(40)30(38)29(37)31(39)33(34)41)28-12-6-5-11-27(28)42-18-26-24-9-3-1-7-22(24)17-23-8-2-4-10-25(23)26/h1-17,42H,18-19H2. The van der Waals surface area contributed by atoms with Crippen LogP contribution in [0.3, 0.4) is 0 Å². The minimum absolute atomic E-state index is 0.145. The highest BCUT2D eigenvalue weighted by Crippen LogP contribution is 2.34. The molecule has 1 N–H and O–H groups in total. The molecular weight excluding hydrogens is 655 g/mol. The van der Waals surface area contributed by atoms with Crippen LogP contribution in [-0.4, -0.2) is 5.97 Å². The number of rotatable bonds is 8. The second kappa shape index (κ2) is 12.6. The van der Waals surface area contributed by atoms with Gasteiger partial charge in [0.15, 0.2) is 0 Å². The van der Waals surface area contributed by atoms with Gasteiger partial charge in [-0.3, -0.25) is 0 Å². The summed E-state index contributed by atoms with van der Waals surface area (Å²) in [6.07, 6.45) is 0. The van der Waals surface area contributed by atoms with E-state index >= 15 is 0 Å². The van der Waals surface area contributed by atoms with Crippen LogP contribution in [0.2, 0.25) is 0 Å². The molecule has 0 aliphatic rings. The molecule has 0 unspecified atom stereocenters. The number of benzene rings is 6. The van der Waals surface area contributed by atoms with Crippen LogP contribution in [0.25, 0.3) is 21.5 Å². The summed E-state index contributed by atoms with van der Waals surface area (Å²) in [5, 5.41) is 8.21. The maximum absolute atomic E-state index is 14.0. The second-order valence-electron chi connectivity index (χ2n) is 10.2. The molecule has 0 saturated heterocycles. The number of nitrogens with one attached hydrogen (secondary N) is 1. The van der Waals surface area contributed by atoms with E-state index in [4.69, 9.17) is 0 Å². The fourth-order valence-electron chi connectivity index (χ4n) is 5.13. The molecule has 6 aromatic rings. The fraction of sp³-hybridized carbons (Fsp3) is 0.0571. The van der Waals surface area contributed by atoms with Crippen molar-refractivity contribution in [1.29, 1.82) is 0 Å². The van der Waals surface area contributed by atoms with Crippen molar-refractivity contribution in [3.63, 3.8) is 0 Å². The summed E-state index contributed by atoms with van der Waals surface area (Å²) >= 11 is 3.62. The summed E-state index contributed by atoms with van der Waals surface area (Å²) in [6, 6.07) is 32.3. The van der Waals surface area contributed by atoms with Crippen LogP contribution >= 0.6 is 16.1 Å². The molecule has 45 heavy (non-hydrogen) atoms. The predicted octanol–water partition coefficient (Wildman–Crippen LogP) is 9.84. The van der Waals surface area contributed by atoms with E-state index in [2.05, 4.69) is 56.5 Å². The van der Waals surface area contributed by atoms with Crippen molar-refractivity contribution in [2.24, 2.45) is 0 Å². The Balaban J connectivity index is 1.18. The SMILES string of the molecule is O=C(Oc1c(F)c(F)c(F)c(F)c1F)c1ccc(CN(Br)c2ccccc2NCc2c3ccccc3cc3ccccc23)cc1. The summed E-state index contributed by atoms with van der Waals surface area (Å²) in [4.78, 5) is 12.5. The molecule has 0 amide bonds. The molecule has 0 fully saturated rings. The molecule has 0 heterocycles. The molecule has 0 radical (unpaired) electrons. The Morgan fingerprint density at radius 1 is 0.689 bits per heavy atom. The topological polar surface area (TPSA) is 41.6 Å². The van der Waals surface area contributed by atoms with Crippen molar-refractivity contribution in [2.75, 3.05) is 9.24 Å². The number of para-hydroxylation sites is 2. The van der Waals surface area contributed by atoms with Gasteiger partial charge in [-0.2, -0.15) is 8.78 Å².